The van der Waals surface area contributed by atoms with E-state index >= 15 is 0 Å². The minimum Gasteiger partial charge on any atom is -0.472 e. The number of carbonyl (C=O) groups excluding carboxylic acids is 1. The van der Waals surface area contributed by atoms with Crippen molar-refractivity contribution in [3.63, 3.8) is 0 Å². The first kappa shape index (κ1) is 10.3. The average Bonchev–Trinajstić information content (AvgIpc) is 2.15. The molecule has 0 heterocycles. The molecule has 0 saturated heterocycles. The molecular weight excluding hydrogens is 204 g/mol. The average molecular weight is 209 g/mol. The summed E-state index contributed by atoms with van der Waals surface area (Å²) >= 11 is 5.60. The van der Waals surface area contributed by atoms with E-state index in [1.807, 2.05) is 5.92 Å². The highest BCUT2D eigenvalue weighted by Gasteiger charge is 2.01. The molecule has 1 rings (SSSR count). The lowest BCUT2D eigenvalue weighted by molar-refractivity contribution is -0.130. The number of Topliss-reactive ketones (excluding diaryl/α,β-unsaturated/α-hetero) is 1. The smallest absolute Gasteiger partial charge is 0.382 e. The second kappa shape index (κ2) is 4.45. The molecule has 0 aromatic heterocycles. The van der Waals surface area contributed by atoms with Crippen LogP contribution in [0.5, 0.6) is 0 Å². The van der Waals surface area contributed by atoms with Crippen LogP contribution in [0, 0.1) is 11.8 Å². The van der Waals surface area contributed by atoms with E-state index in [4.69, 9.17) is 16.7 Å². The first-order chi connectivity index (χ1) is 6.59. The fourth-order valence-corrected chi connectivity index (χ4v) is 0.910. The van der Waals surface area contributed by atoms with Crippen LogP contribution in [0.3, 0.4) is 0 Å². The van der Waals surface area contributed by atoms with Gasteiger partial charge in [-0.15, -0.1) is 0 Å². The summed E-state index contributed by atoms with van der Waals surface area (Å²) in [5.74, 6) is 1.86. The maximum atomic E-state index is 11.2. The second-order valence-corrected chi connectivity index (χ2v) is 2.83. The molecular formula is C10H5ClO3. The first-order valence-electron chi connectivity index (χ1n) is 3.64. The van der Waals surface area contributed by atoms with E-state index in [2.05, 4.69) is 0 Å². The maximum absolute atomic E-state index is 11.2. The van der Waals surface area contributed by atoms with E-state index in [1.54, 1.807) is 5.92 Å². The quantitative estimate of drug-likeness (QED) is 0.433. The predicted molar refractivity (Wildman–Crippen MR) is 51.2 cm³/mol. The van der Waals surface area contributed by atoms with E-state index in [-0.39, 0.29) is 0 Å². The Morgan fingerprint density at radius 2 is 1.71 bits per heavy atom. The van der Waals surface area contributed by atoms with Gasteiger partial charge in [0.15, 0.2) is 0 Å². The lowest BCUT2D eigenvalue weighted by atomic mass is 10.1. The topological polar surface area (TPSA) is 54.4 Å². The molecule has 1 aromatic rings. The van der Waals surface area contributed by atoms with Crippen LogP contribution >= 0.6 is 11.6 Å². The third-order valence-electron chi connectivity index (χ3n) is 1.39. The molecule has 0 atom stereocenters. The van der Waals surface area contributed by atoms with Gasteiger partial charge >= 0.3 is 5.97 Å². The molecule has 0 aliphatic heterocycles. The minimum atomic E-state index is -1.33. The summed E-state index contributed by atoms with van der Waals surface area (Å²) in [5.41, 5.74) is 0.322. The maximum Gasteiger partial charge on any atom is 0.382 e. The molecule has 0 aliphatic carbocycles. The number of carboxylic acid groups (broad SMARTS) is 1. The van der Waals surface area contributed by atoms with E-state index in [0.717, 1.165) is 0 Å². The largest absolute Gasteiger partial charge is 0.472 e. The van der Waals surface area contributed by atoms with E-state index in [0.29, 0.717) is 10.6 Å². The number of rotatable bonds is 1. The van der Waals surface area contributed by atoms with Gasteiger partial charge in [-0.25, -0.2) is 4.79 Å². The van der Waals surface area contributed by atoms with E-state index < -0.39 is 11.8 Å². The van der Waals surface area contributed by atoms with Gasteiger partial charge in [-0.05, 0) is 30.2 Å². The molecule has 0 saturated carbocycles. The molecule has 1 aromatic carbocycles. The number of aliphatic carboxylic acids is 1. The molecule has 70 valence electrons. The van der Waals surface area contributed by atoms with Crippen molar-refractivity contribution in [2.45, 2.75) is 0 Å². The number of hydrogen-bond donors (Lipinski definition) is 1. The van der Waals surface area contributed by atoms with Crippen LogP contribution in [0.15, 0.2) is 24.3 Å². The number of carbonyl (C=O) groups is 2. The zero-order chi connectivity index (χ0) is 10.6. The van der Waals surface area contributed by atoms with Crippen LogP contribution in [-0.4, -0.2) is 16.9 Å². The summed E-state index contributed by atoms with van der Waals surface area (Å²) in [6.07, 6.45) is 0. The zero-order valence-electron chi connectivity index (χ0n) is 6.95. The van der Waals surface area contributed by atoms with Gasteiger partial charge < -0.3 is 5.11 Å². The summed E-state index contributed by atoms with van der Waals surface area (Å²) in [7, 11) is 0. The standard InChI is InChI=1S/C10H5ClO3/c11-8-3-1-7(2-4-8)9(12)5-6-10(13)14/h1-4H,(H,13,14). The van der Waals surface area contributed by atoms with Crippen LogP contribution < -0.4 is 0 Å². The molecule has 0 aliphatic rings. The minimum absolute atomic E-state index is 0.322. The van der Waals surface area contributed by atoms with Crippen LogP contribution in [0.2, 0.25) is 5.02 Å². The van der Waals surface area contributed by atoms with Gasteiger partial charge in [0.1, 0.15) is 0 Å². The fraction of sp³-hybridized carbons (Fsp3) is 0. The summed E-state index contributed by atoms with van der Waals surface area (Å²) in [6.45, 7) is 0. The van der Waals surface area contributed by atoms with Gasteiger partial charge in [-0.1, -0.05) is 11.6 Å². The highest BCUT2D eigenvalue weighted by atomic mass is 35.5. The molecule has 0 spiro atoms. The molecule has 3 nitrogen and oxygen atoms in total. The van der Waals surface area contributed by atoms with Crippen molar-refractivity contribution < 1.29 is 14.7 Å². The Hall–Kier alpha value is -1.79. The number of carboxylic acids is 1. The number of ketones is 1. The van der Waals surface area contributed by atoms with Crippen LogP contribution in [0.1, 0.15) is 10.4 Å². The molecule has 1 N–H and O–H groups in total. The summed E-state index contributed by atoms with van der Waals surface area (Å²) < 4.78 is 0. The third-order valence-corrected chi connectivity index (χ3v) is 1.64. The SMILES string of the molecule is O=C(O)C#CC(=O)c1ccc(Cl)cc1. The summed E-state index contributed by atoms with van der Waals surface area (Å²) in [4.78, 5) is 21.2. The summed E-state index contributed by atoms with van der Waals surface area (Å²) in [5, 5.41) is 8.71. The van der Waals surface area contributed by atoms with Gasteiger partial charge in [0.05, 0.1) is 0 Å². The Morgan fingerprint density at radius 1 is 1.14 bits per heavy atom. The van der Waals surface area contributed by atoms with Crippen molar-refractivity contribution in [2.24, 2.45) is 0 Å². The summed E-state index contributed by atoms with van der Waals surface area (Å²) in [6, 6.07) is 6.05. The predicted octanol–water partition coefficient (Wildman–Crippen LogP) is 1.61. The van der Waals surface area contributed by atoms with Crippen LogP contribution in [-0.2, 0) is 4.79 Å². The Kier molecular flexibility index (Phi) is 3.27. The van der Waals surface area contributed by atoms with Crippen molar-refractivity contribution in [1.29, 1.82) is 0 Å². The van der Waals surface area contributed by atoms with Gasteiger partial charge in [-0.2, -0.15) is 0 Å². The van der Waals surface area contributed by atoms with E-state index in [1.165, 1.54) is 24.3 Å². The second-order valence-electron chi connectivity index (χ2n) is 2.39. The molecule has 0 fully saturated rings. The first-order valence-corrected chi connectivity index (χ1v) is 4.02. The van der Waals surface area contributed by atoms with Crippen LogP contribution in [0.4, 0.5) is 0 Å². The van der Waals surface area contributed by atoms with Gasteiger partial charge in [0.2, 0.25) is 5.78 Å². The molecule has 4 heteroatoms. The highest BCUT2D eigenvalue weighted by molar-refractivity contribution is 6.30. The highest BCUT2D eigenvalue weighted by Crippen LogP contribution is 2.09. The fourth-order valence-electron chi connectivity index (χ4n) is 0.784. The Labute approximate surface area is 85.3 Å². The lowest BCUT2D eigenvalue weighted by Crippen LogP contribution is -1.96. The molecule has 0 bridgehead atoms. The third kappa shape index (κ3) is 2.92. The number of halogens is 1. The van der Waals surface area contributed by atoms with Crippen LogP contribution in [0.25, 0.3) is 0 Å². The van der Waals surface area contributed by atoms with Crippen molar-refractivity contribution in [3.05, 3.63) is 34.9 Å². The Balaban J connectivity index is 2.87. The molecule has 14 heavy (non-hydrogen) atoms. The molecule has 0 amide bonds. The monoisotopic (exact) mass is 208 g/mol. The normalized spacial score (nSPS) is 8.64. The van der Waals surface area contributed by atoms with E-state index in [9.17, 15) is 9.59 Å². The van der Waals surface area contributed by atoms with Gasteiger partial charge in [0.25, 0.3) is 0 Å². The van der Waals surface area contributed by atoms with Crippen molar-refractivity contribution in [3.8, 4) is 11.8 Å². The lowest BCUT2D eigenvalue weighted by Gasteiger charge is -1.92. The van der Waals surface area contributed by atoms with Gasteiger partial charge in [-0.3, -0.25) is 4.79 Å². The number of benzene rings is 1. The van der Waals surface area contributed by atoms with Crippen molar-refractivity contribution in [2.75, 3.05) is 0 Å². The van der Waals surface area contributed by atoms with Gasteiger partial charge in [0, 0.05) is 16.5 Å². The molecule has 0 unspecified atom stereocenters. The van der Waals surface area contributed by atoms with Crippen molar-refractivity contribution in [1.82, 2.24) is 0 Å². The Bertz CT molecular complexity index is 423. The number of hydrogen-bond acceptors (Lipinski definition) is 2. The Morgan fingerprint density at radius 3 is 2.21 bits per heavy atom. The molecule has 0 radical (unpaired) electrons. The zero-order valence-corrected chi connectivity index (χ0v) is 7.71. The van der Waals surface area contributed by atoms with Crippen molar-refractivity contribution >= 4 is 23.4 Å².